The maximum absolute atomic E-state index is 5.25. The van der Waals surface area contributed by atoms with Gasteiger partial charge in [0.25, 0.3) is 0 Å². The highest BCUT2D eigenvalue weighted by atomic mass is 16.5. The van der Waals surface area contributed by atoms with Crippen molar-refractivity contribution < 1.29 is 4.52 Å². The second-order valence-electron chi connectivity index (χ2n) is 4.37. The van der Waals surface area contributed by atoms with E-state index in [1.165, 1.54) is 12.8 Å². The van der Waals surface area contributed by atoms with Gasteiger partial charge in [0.15, 0.2) is 5.82 Å². The summed E-state index contributed by atoms with van der Waals surface area (Å²) >= 11 is 0. The molecule has 2 heterocycles. The largest absolute Gasteiger partial charge is 0.339 e. The van der Waals surface area contributed by atoms with E-state index in [1.807, 2.05) is 7.05 Å². The highest BCUT2D eigenvalue weighted by molar-refractivity contribution is 4.89. The molecule has 1 aliphatic heterocycles. The van der Waals surface area contributed by atoms with E-state index in [0.29, 0.717) is 5.92 Å². The highest BCUT2D eigenvalue weighted by Gasteiger charge is 2.16. The Hall–Kier alpha value is -0.940. The molecule has 2 N–H and O–H groups in total. The maximum atomic E-state index is 5.25. The van der Waals surface area contributed by atoms with Gasteiger partial charge in [-0.05, 0) is 38.9 Å². The van der Waals surface area contributed by atoms with Crippen molar-refractivity contribution >= 4 is 0 Å². The lowest BCUT2D eigenvalue weighted by Gasteiger charge is -2.20. The predicted molar refractivity (Wildman–Crippen MR) is 61.2 cm³/mol. The van der Waals surface area contributed by atoms with E-state index in [4.69, 9.17) is 4.52 Å². The maximum Gasteiger partial charge on any atom is 0.226 e. The fourth-order valence-electron chi connectivity index (χ4n) is 2.06. The summed E-state index contributed by atoms with van der Waals surface area (Å²) in [4.78, 5) is 4.40. The fourth-order valence-corrected chi connectivity index (χ4v) is 2.06. The van der Waals surface area contributed by atoms with Crippen molar-refractivity contribution in [3.05, 3.63) is 11.7 Å². The van der Waals surface area contributed by atoms with Gasteiger partial charge in [0, 0.05) is 19.4 Å². The van der Waals surface area contributed by atoms with Crippen molar-refractivity contribution in [1.82, 2.24) is 20.8 Å². The van der Waals surface area contributed by atoms with Gasteiger partial charge < -0.3 is 15.2 Å². The van der Waals surface area contributed by atoms with E-state index in [-0.39, 0.29) is 0 Å². The van der Waals surface area contributed by atoms with Gasteiger partial charge in [-0.3, -0.25) is 0 Å². The van der Waals surface area contributed by atoms with Crippen molar-refractivity contribution in [3.63, 3.8) is 0 Å². The van der Waals surface area contributed by atoms with Gasteiger partial charge in [0.1, 0.15) is 0 Å². The van der Waals surface area contributed by atoms with Crippen molar-refractivity contribution in [2.75, 3.05) is 26.7 Å². The number of nitrogens with one attached hydrogen (secondary N) is 2. The van der Waals surface area contributed by atoms with E-state index in [1.54, 1.807) is 0 Å². The molecule has 2 rings (SSSR count). The second kappa shape index (κ2) is 5.96. The molecule has 1 aromatic rings. The summed E-state index contributed by atoms with van der Waals surface area (Å²) in [5.41, 5.74) is 0. The highest BCUT2D eigenvalue weighted by Crippen LogP contribution is 2.15. The molecule has 0 bridgehead atoms. The van der Waals surface area contributed by atoms with Gasteiger partial charge in [-0.25, -0.2) is 0 Å². The van der Waals surface area contributed by atoms with Gasteiger partial charge >= 0.3 is 0 Å². The van der Waals surface area contributed by atoms with Gasteiger partial charge in [0.05, 0.1) is 0 Å². The molecule has 16 heavy (non-hydrogen) atoms. The zero-order valence-corrected chi connectivity index (χ0v) is 9.83. The minimum absolute atomic E-state index is 0.659. The minimum atomic E-state index is 0.659. The van der Waals surface area contributed by atoms with Crippen LogP contribution >= 0.6 is 0 Å². The molecule has 0 aliphatic carbocycles. The Labute approximate surface area is 96.0 Å². The van der Waals surface area contributed by atoms with Crippen LogP contribution < -0.4 is 10.6 Å². The van der Waals surface area contributed by atoms with Crippen LogP contribution in [0.5, 0.6) is 0 Å². The first-order valence-electron chi connectivity index (χ1n) is 6.05. The smallest absolute Gasteiger partial charge is 0.226 e. The topological polar surface area (TPSA) is 63.0 Å². The number of hydrogen-bond acceptors (Lipinski definition) is 5. The lowest BCUT2D eigenvalue weighted by Crippen LogP contribution is -2.30. The summed E-state index contributed by atoms with van der Waals surface area (Å²) in [5, 5.41) is 10.4. The molecule has 1 aliphatic rings. The van der Waals surface area contributed by atoms with E-state index >= 15 is 0 Å². The van der Waals surface area contributed by atoms with Crippen LogP contribution in [0.15, 0.2) is 4.52 Å². The van der Waals surface area contributed by atoms with Crippen LogP contribution in [0.2, 0.25) is 0 Å². The van der Waals surface area contributed by atoms with Crippen LogP contribution in [0.1, 0.15) is 24.6 Å². The van der Waals surface area contributed by atoms with E-state index in [2.05, 4.69) is 20.8 Å². The Bertz CT molecular complexity index is 307. The van der Waals surface area contributed by atoms with Gasteiger partial charge in [-0.15, -0.1) is 0 Å². The number of likely N-dealkylation sites (N-methyl/N-ethyl adjacent to an activating group) is 1. The molecule has 1 saturated heterocycles. The van der Waals surface area contributed by atoms with Crippen molar-refractivity contribution in [1.29, 1.82) is 0 Å². The van der Waals surface area contributed by atoms with Crippen molar-refractivity contribution in [2.24, 2.45) is 5.92 Å². The van der Waals surface area contributed by atoms with E-state index < -0.39 is 0 Å². The molecule has 0 amide bonds. The van der Waals surface area contributed by atoms with Crippen molar-refractivity contribution in [2.45, 2.75) is 25.7 Å². The van der Waals surface area contributed by atoms with Crippen molar-refractivity contribution in [3.8, 4) is 0 Å². The van der Waals surface area contributed by atoms with E-state index in [9.17, 15) is 0 Å². The van der Waals surface area contributed by atoms with Crippen LogP contribution in [-0.4, -0.2) is 36.8 Å². The zero-order chi connectivity index (χ0) is 11.2. The SMILES string of the molecule is CNCCc1noc(CC2CCCNC2)n1. The average Bonchev–Trinajstić information content (AvgIpc) is 2.75. The molecule has 1 aromatic heterocycles. The van der Waals surface area contributed by atoms with Crippen LogP contribution in [0.3, 0.4) is 0 Å². The Balaban J connectivity index is 1.81. The first-order valence-corrected chi connectivity index (χ1v) is 6.05. The fraction of sp³-hybridized carbons (Fsp3) is 0.818. The third-order valence-corrected chi connectivity index (χ3v) is 2.97. The van der Waals surface area contributed by atoms with E-state index in [0.717, 1.165) is 44.2 Å². The monoisotopic (exact) mass is 224 g/mol. The third-order valence-electron chi connectivity index (χ3n) is 2.97. The van der Waals surface area contributed by atoms with Crippen LogP contribution in [0.25, 0.3) is 0 Å². The molecule has 5 heteroatoms. The molecule has 1 atom stereocenters. The third kappa shape index (κ3) is 3.28. The van der Waals surface area contributed by atoms with Gasteiger partial charge in [-0.1, -0.05) is 5.16 Å². The Morgan fingerprint density at radius 1 is 1.56 bits per heavy atom. The molecule has 0 saturated carbocycles. The Morgan fingerprint density at radius 3 is 3.25 bits per heavy atom. The predicted octanol–water partition coefficient (Wildman–Crippen LogP) is 0.374. The number of hydrogen-bond donors (Lipinski definition) is 2. The second-order valence-corrected chi connectivity index (χ2v) is 4.37. The lowest BCUT2D eigenvalue weighted by atomic mass is 9.96. The standard InChI is InChI=1S/C11H20N4O/c1-12-6-4-10-14-11(16-15-10)7-9-3-2-5-13-8-9/h9,12-13H,2-8H2,1H3. The number of nitrogens with zero attached hydrogens (tertiary/aromatic N) is 2. The van der Waals surface area contributed by atoms with Gasteiger partial charge in [-0.2, -0.15) is 4.98 Å². The molecule has 0 radical (unpaired) electrons. The summed E-state index contributed by atoms with van der Waals surface area (Å²) < 4.78 is 5.25. The molecular formula is C11H20N4O. The molecule has 1 unspecified atom stereocenters. The molecule has 90 valence electrons. The summed E-state index contributed by atoms with van der Waals surface area (Å²) in [6.07, 6.45) is 4.27. The Kier molecular flexibility index (Phi) is 4.30. The summed E-state index contributed by atoms with van der Waals surface area (Å²) in [6, 6.07) is 0. The number of aromatic nitrogens is 2. The summed E-state index contributed by atoms with van der Waals surface area (Å²) in [5.74, 6) is 2.26. The zero-order valence-electron chi connectivity index (χ0n) is 9.83. The lowest BCUT2D eigenvalue weighted by molar-refractivity contribution is 0.314. The summed E-state index contributed by atoms with van der Waals surface area (Å²) in [7, 11) is 1.93. The molecule has 0 aromatic carbocycles. The molecule has 5 nitrogen and oxygen atoms in total. The number of rotatable bonds is 5. The van der Waals surface area contributed by atoms with Gasteiger partial charge in [0.2, 0.25) is 5.89 Å². The van der Waals surface area contributed by atoms with Crippen LogP contribution in [-0.2, 0) is 12.8 Å². The molecule has 1 fully saturated rings. The molecular weight excluding hydrogens is 204 g/mol. The average molecular weight is 224 g/mol. The Morgan fingerprint density at radius 2 is 2.50 bits per heavy atom. The quantitative estimate of drug-likeness (QED) is 0.757. The van der Waals surface area contributed by atoms with Crippen LogP contribution in [0, 0.1) is 5.92 Å². The first kappa shape index (κ1) is 11.5. The summed E-state index contributed by atoms with van der Waals surface area (Å²) in [6.45, 7) is 3.12. The molecule has 0 spiro atoms. The number of piperidine rings is 1. The first-order chi connectivity index (χ1) is 7.88. The normalized spacial score (nSPS) is 21.2. The minimum Gasteiger partial charge on any atom is -0.339 e. The van der Waals surface area contributed by atoms with Crippen LogP contribution in [0.4, 0.5) is 0 Å².